The summed E-state index contributed by atoms with van der Waals surface area (Å²) in [6.45, 7) is 1.30. The van der Waals surface area contributed by atoms with Crippen molar-refractivity contribution in [3.05, 3.63) is 29.1 Å². The van der Waals surface area contributed by atoms with Crippen molar-refractivity contribution in [1.29, 1.82) is 0 Å². The molecule has 0 unspecified atom stereocenters. The standard InChI is InChI=1S/C12H11FN2O3/c1-6(16)14-9-5-3-8(13)7-2-4-10(15-18)12(17)11(7)9/h3,5,18H,2,4H2,1H3,(H,14,16). The van der Waals surface area contributed by atoms with Crippen molar-refractivity contribution in [2.24, 2.45) is 5.16 Å². The van der Waals surface area contributed by atoms with Gasteiger partial charge in [-0.25, -0.2) is 4.39 Å². The molecule has 5 nitrogen and oxygen atoms in total. The molecule has 0 atom stereocenters. The van der Waals surface area contributed by atoms with Crippen molar-refractivity contribution in [2.45, 2.75) is 19.8 Å². The summed E-state index contributed by atoms with van der Waals surface area (Å²) >= 11 is 0. The third kappa shape index (κ3) is 1.97. The molecule has 18 heavy (non-hydrogen) atoms. The Balaban J connectivity index is 2.60. The minimum absolute atomic E-state index is 0.0281. The second kappa shape index (κ2) is 4.56. The predicted octanol–water partition coefficient (Wildman–Crippen LogP) is 1.74. The summed E-state index contributed by atoms with van der Waals surface area (Å²) in [5.74, 6) is -1.41. The molecule has 0 fully saturated rings. The zero-order valence-electron chi connectivity index (χ0n) is 9.66. The van der Waals surface area contributed by atoms with Crippen LogP contribution in [0.15, 0.2) is 17.3 Å². The van der Waals surface area contributed by atoms with E-state index in [1.165, 1.54) is 19.1 Å². The fraction of sp³-hybridized carbons (Fsp3) is 0.250. The number of hydrogen-bond donors (Lipinski definition) is 2. The molecule has 2 N–H and O–H groups in total. The van der Waals surface area contributed by atoms with Crippen LogP contribution >= 0.6 is 0 Å². The van der Waals surface area contributed by atoms with E-state index in [1.807, 2.05) is 0 Å². The van der Waals surface area contributed by atoms with Crippen molar-refractivity contribution in [2.75, 3.05) is 5.32 Å². The van der Waals surface area contributed by atoms with Crippen LogP contribution in [0.5, 0.6) is 0 Å². The van der Waals surface area contributed by atoms with Crippen LogP contribution in [0.2, 0.25) is 0 Å². The second-order valence-corrected chi connectivity index (χ2v) is 4.01. The zero-order chi connectivity index (χ0) is 13.3. The second-order valence-electron chi connectivity index (χ2n) is 4.01. The normalized spacial score (nSPS) is 16.6. The number of halogens is 1. The Morgan fingerprint density at radius 3 is 2.78 bits per heavy atom. The fourth-order valence-corrected chi connectivity index (χ4v) is 2.02. The highest BCUT2D eigenvalue weighted by Gasteiger charge is 2.29. The maximum atomic E-state index is 13.6. The molecule has 0 aliphatic heterocycles. The third-order valence-electron chi connectivity index (χ3n) is 2.79. The Hall–Kier alpha value is -2.24. The Labute approximate surface area is 102 Å². The van der Waals surface area contributed by atoms with Gasteiger partial charge in [0.1, 0.15) is 11.5 Å². The Bertz CT molecular complexity index is 567. The largest absolute Gasteiger partial charge is 0.411 e. The molecule has 2 rings (SSSR count). The van der Waals surface area contributed by atoms with E-state index in [4.69, 9.17) is 5.21 Å². The van der Waals surface area contributed by atoms with Gasteiger partial charge in [-0.1, -0.05) is 5.16 Å². The van der Waals surface area contributed by atoms with Crippen LogP contribution in [0.25, 0.3) is 0 Å². The highest BCUT2D eigenvalue weighted by Crippen LogP contribution is 2.29. The van der Waals surface area contributed by atoms with Crippen LogP contribution in [0, 0.1) is 5.82 Å². The molecular weight excluding hydrogens is 239 g/mol. The van der Waals surface area contributed by atoms with Gasteiger partial charge in [0.25, 0.3) is 0 Å². The van der Waals surface area contributed by atoms with E-state index in [9.17, 15) is 14.0 Å². The molecule has 0 saturated heterocycles. The molecule has 1 aromatic carbocycles. The average molecular weight is 250 g/mol. The molecule has 0 saturated carbocycles. The van der Waals surface area contributed by atoms with E-state index in [0.29, 0.717) is 0 Å². The highest BCUT2D eigenvalue weighted by atomic mass is 19.1. The van der Waals surface area contributed by atoms with Crippen molar-refractivity contribution < 1.29 is 19.2 Å². The van der Waals surface area contributed by atoms with Gasteiger partial charge in [0.15, 0.2) is 0 Å². The Kier molecular flexibility index (Phi) is 3.10. The molecule has 0 heterocycles. The number of benzene rings is 1. The quantitative estimate of drug-likeness (QED) is 0.588. The molecule has 1 aliphatic rings. The lowest BCUT2D eigenvalue weighted by Gasteiger charge is -2.19. The summed E-state index contributed by atoms with van der Waals surface area (Å²) in [6, 6.07) is 2.53. The van der Waals surface area contributed by atoms with Gasteiger partial charge in [-0.2, -0.15) is 0 Å². The van der Waals surface area contributed by atoms with Crippen molar-refractivity contribution >= 4 is 23.1 Å². The first kappa shape index (κ1) is 12.2. The number of oxime groups is 1. The van der Waals surface area contributed by atoms with Gasteiger partial charge >= 0.3 is 0 Å². The summed E-state index contributed by atoms with van der Waals surface area (Å²) in [5, 5.41) is 14.1. The number of nitrogens with zero attached hydrogens (tertiary/aromatic N) is 1. The predicted molar refractivity (Wildman–Crippen MR) is 62.6 cm³/mol. The maximum Gasteiger partial charge on any atom is 0.221 e. The first-order valence-electron chi connectivity index (χ1n) is 5.39. The topological polar surface area (TPSA) is 78.8 Å². The summed E-state index contributed by atoms with van der Waals surface area (Å²) < 4.78 is 13.6. The van der Waals surface area contributed by atoms with Gasteiger partial charge in [0.2, 0.25) is 11.7 Å². The lowest BCUT2D eigenvalue weighted by molar-refractivity contribution is -0.114. The van der Waals surface area contributed by atoms with E-state index < -0.39 is 11.6 Å². The smallest absolute Gasteiger partial charge is 0.221 e. The number of carbonyl (C=O) groups is 2. The number of rotatable bonds is 1. The molecule has 94 valence electrons. The Morgan fingerprint density at radius 1 is 1.44 bits per heavy atom. The van der Waals surface area contributed by atoms with Gasteiger partial charge in [0, 0.05) is 18.9 Å². The number of ketones is 1. The van der Waals surface area contributed by atoms with Gasteiger partial charge in [-0.3, -0.25) is 9.59 Å². The van der Waals surface area contributed by atoms with E-state index in [-0.39, 0.29) is 41.3 Å². The third-order valence-corrected chi connectivity index (χ3v) is 2.79. The van der Waals surface area contributed by atoms with Gasteiger partial charge in [0.05, 0.1) is 11.3 Å². The molecule has 0 spiro atoms. The SMILES string of the molecule is CC(=O)Nc1ccc(F)c2c1C(=O)C(=NO)CC2. The van der Waals surface area contributed by atoms with Crippen molar-refractivity contribution in [1.82, 2.24) is 0 Å². The summed E-state index contributed by atoms with van der Waals surface area (Å²) in [6.07, 6.45) is 0.447. The summed E-state index contributed by atoms with van der Waals surface area (Å²) in [4.78, 5) is 23.0. The summed E-state index contributed by atoms with van der Waals surface area (Å²) in [7, 11) is 0. The molecule has 6 heteroatoms. The van der Waals surface area contributed by atoms with Crippen LogP contribution < -0.4 is 5.32 Å². The van der Waals surface area contributed by atoms with Gasteiger partial charge < -0.3 is 10.5 Å². The zero-order valence-corrected chi connectivity index (χ0v) is 9.66. The first-order chi connectivity index (χ1) is 8.54. The van der Waals surface area contributed by atoms with Crippen LogP contribution in [0.4, 0.5) is 10.1 Å². The van der Waals surface area contributed by atoms with Crippen LogP contribution in [0.3, 0.4) is 0 Å². The number of Topliss-reactive ketones (excluding diaryl/α,β-unsaturated/α-hetero) is 1. The molecule has 1 amide bonds. The monoisotopic (exact) mass is 250 g/mol. The number of fused-ring (bicyclic) bond motifs is 1. The van der Waals surface area contributed by atoms with Crippen molar-refractivity contribution in [3.63, 3.8) is 0 Å². The minimum Gasteiger partial charge on any atom is -0.411 e. The van der Waals surface area contributed by atoms with E-state index >= 15 is 0 Å². The highest BCUT2D eigenvalue weighted by molar-refractivity contribution is 6.48. The number of amides is 1. The maximum absolute atomic E-state index is 13.6. The number of anilines is 1. The van der Waals surface area contributed by atoms with Crippen LogP contribution in [0.1, 0.15) is 29.3 Å². The van der Waals surface area contributed by atoms with Crippen LogP contribution in [-0.4, -0.2) is 22.6 Å². The molecule has 1 aliphatic carbocycles. The molecule has 1 aromatic rings. The molecule has 0 radical (unpaired) electrons. The lowest BCUT2D eigenvalue weighted by atomic mass is 9.87. The number of hydrogen-bond acceptors (Lipinski definition) is 4. The molecule has 0 bridgehead atoms. The first-order valence-corrected chi connectivity index (χ1v) is 5.39. The lowest BCUT2D eigenvalue weighted by Crippen LogP contribution is -2.25. The van der Waals surface area contributed by atoms with Crippen LogP contribution in [-0.2, 0) is 11.2 Å². The van der Waals surface area contributed by atoms with E-state index in [0.717, 1.165) is 0 Å². The van der Waals surface area contributed by atoms with Gasteiger partial charge in [-0.05, 0) is 18.6 Å². The van der Waals surface area contributed by atoms with E-state index in [2.05, 4.69) is 10.5 Å². The number of nitrogens with one attached hydrogen (secondary N) is 1. The summed E-state index contributed by atoms with van der Waals surface area (Å²) in [5.41, 5.74) is 0.535. The minimum atomic E-state index is -0.554. The number of carbonyl (C=O) groups excluding carboxylic acids is 2. The average Bonchev–Trinajstić information content (AvgIpc) is 2.32. The van der Waals surface area contributed by atoms with E-state index in [1.54, 1.807) is 0 Å². The Morgan fingerprint density at radius 2 is 2.17 bits per heavy atom. The van der Waals surface area contributed by atoms with Crippen molar-refractivity contribution in [3.8, 4) is 0 Å². The fourth-order valence-electron chi connectivity index (χ4n) is 2.02. The molecular formula is C12H11FN2O3. The molecule has 0 aromatic heterocycles. The van der Waals surface area contributed by atoms with Gasteiger partial charge in [-0.15, -0.1) is 0 Å².